The van der Waals surface area contributed by atoms with Gasteiger partial charge in [0.2, 0.25) is 0 Å². The van der Waals surface area contributed by atoms with Crippen LogP contribution >= 0.6 is 11.3 Å². The fourth-order valence-electron chi connectivity index (χ4n) is 1.91. The summed E-state index contributed by atoms with van der Waals surface area (Å²) in [6, 6.07) is 1.90. The Balaban J connectivity index is 2.45. The number of pyridine rings is 1. The van der Waals surface area contributed by atoms with Crippen LogP contribution in [0.1, 0.15) is 10.4 Å². The lowest BCUT2D eigenvalue weighted by Crippen LogP contribution is -2.36. The monoisotopic (exact) mass is 265 g/mol. The van der Waals surface area contributed by atoms with E-state index in [1.807, 2.05) is 13.0 Å². The fourth-order valence-corrected chi connectivity index (χ4v) is 2.81. The summed E-state index contributed by atoms with van der Waals surface area (Å²) in [6.45, 7) is 1.95. The number of fused-ring (bicyclic) bond motifs is 2. The number of nitrogens with one attached hydrogen (secondary N) is 1. The van der Waals surface area contributed by atoms with Crippen LogP contribution in [0.2, 0.25) is 0 Å². The average Bonchev–Trinajstić information content (AvgIpc) is 2.66. The summed E-state index contributed by atoms with van der Waals surface area (Å²) < 4.78 is 26.8. The maximum Gasteiger partial charge on any atom is 0.177 e. The number of anilines is 1. The first-order valence-electron chi connectivity index (χ1n) is 5.25. The van der Waals surface area contributed by atoms with Crippen LogP contribution in [-0.2, 0) is 0 Å². The van der Waals surface area contributed by atoms with E-state index in [0.29, 0.717) is 5.70 Å². The van der Waals surface area contributed by atoms with Crippen molar-refractivity contribution in [3.63, 3.8) is 0 Å². The summed E-state index contributed by atoms with van der Waals surface area (Å²) in [4.78, 5) is 4.96. The molecule has 2 aromatic heterocycles. The molecule has 3 heterocycles. The smallest absolute Gasteiger partial charge is 0.177 e. The van der Waals surface area contributed by atoms with E-state index in [1.54, 1.807) is 0 Å². The fraction of sp³-hybridized carbons (Fsp3) is 0.0833. The number of thiophene rings is 1. The van der Waals surface area contributed by atoms with Crippen LogP contribution in [0, 0.1) is 18.6 Å². The minimum absolute atomic E-state index is 0.0496. The normalized spacial score (nSPS) is 13.2. The molecule has 0 amide bonds. The number of nitrogens with two attached hydrogens (primary N) is 1. The first-order chi connectivity index (χ1) is 8.58. The number of aryl methyl sites for hydroxylation is 1. The third kappa shape index (κ3) is 1.49. The van der Waals surface area contributed by atoms with Crippen molar-refractivity contribution in [3.8, 4) is 0 Å². The van der Waals surface area contributed by atoms with E-state index < -0.39 is 11.6 Å². The molecule has 0 aromatic carbocycles. The molecule has 0 fully saturated rings. The quantitative estimate of drug-likeness (QED) is 0.747. The molecule has 1 aliphatic heterocycles. The Morgan fingerprint density at radius 1 is 1.39 bits per heavy atom. The van der Waals surface area contributed by atoms with E-state index in [-0.39, 0.29) is 10.6 Å². The van der Waals surface area contributed by atoms with Crippen molar-refractivity contribution in [2.24, 2.45) is 5.73 Å². The minimum Gasteiger partial charge on any atom is -0.396 e. The van der Waals surface area contributed by atoms with E-state index in [0.717, 1.165) is 21.6 Å². The van der Waals surface area contributed by atoms with Gasteiger partial charge in [-0.2, -0.15) is 0 Å². The summed E-state index contributed by atoms with van der Waals surface area (Å²) in [7, 11) is 0. The van der Waals surface area contributed by atoms with E-state index in [9.17, 15) is 8.78 Å². The van der Waals surface area contributed by atoms with Gasteiger partial charge in [-0.05, 0) is 13.0 Å². The lowest BCUT2D eigenvalue weighted by molar-refractivity contribution is 0.495. The van der Waals surface area contributed by atoms with Crippen LogP contribution in [0.3, 0.4) is 0 Å². The Kier molecular flexibility index (Phi) is 2.34. The van der Waals surface area contributed by atoms with Crippen molar-refractivity contribution in [3.05, 3.63) is 44.9 Å². The molecule has 3 nitrogen and oxygen atoms in total. The van der Waals surface area contributed by atoms with Crippen LogP contribution in [0.15, 0.2) is 12.3 Å². The zero-order valence-electron chi connectivity index (χ0n) is 9.42. The molecule has 6 heteroatoms. The molecule has 0 radical (unpaired) electrons. The Morgan fingerprint density at radius 3 is 2.94 bits per heavy atom. The molecular formula is C12H9F2N3S. The topological polar surface area (TPSA) is 50.9 Å². The predicted molar refractivity (Wildman–Crippen MR) is 67.2 cm³/mol. The van der Waals surface area contributed by atoms with Crippen LogP contribution in [-0.4, -0.2) is 4.98 Å². The second-order valence-corrected chi connectivity index (χ2v) is 5.24. The number of halogens is 2. The van der Waals surface area contributed by atoms with Gasteiger partial charge in [-0.3, -0.25) is 4.98 Å². The average molecular weight is 265 g/mol. The van der Waals surface area contributed by atoms with Gasteiger partial charge in [-0.25, -0.2) is 8.78 Å². The van der Waals surface area contributed by atoms with Crippen molar-refractivity contribution >= 4 is 28.2 Å². The molecule has 18 heavy (non-hydrogen) atoms. The molecule has 0 spiro atoms. The zero-order valence-corrected chi connectivity index (χ0v) is 10.2. The molecule has 0 saturated heterocycles. The third-order valence-electron chi connectivity index (χ3n) is 2.76. The highest BCUT2D eigenvalue weighted by Crippen LogP contribution is 2.30. The van der Waals surface area contributed by atoms with E-state index in [1.165, 1.54) is 17.5 Å². The molecular weight excluding hydrogens is 256 g/mol. The van der Waals surface area contributed by atoms with Gasteiger partial charge in [0.15, 0.2) is 11.6 Å². The molecule has 92 valence electrons. The van der Waals surface area contributed by atoms with Crippen LogP contribution < -0.4 is 21.6 Å². The van der Waals surface area contributed by atoms with Crippen LogP contribution in [0.5, 0.6) is 0 Å². The van der Waals surface area contributed by atoms with Crippen molar-refractivity contribution in [1.82, 2.24) is 4.98 Å². The second kappa shape index (κ2) is 3.78. The maximum absolute atomic E-state index is 13.7. The van der Waals surface area contributed by atoms with E-state index in [4.69, 9.17) is 5.73 Å². The molecule has 0 aliphatic carbocycles. The van der Waals surface area contributed by atoms with Gasteiger partial charge in [-0.1, -0.05) is 0 Å². The number of hydrogen-bond donors (Lipinski definition) is 2. The van der Waals surface area contributed by atoms with Gasteiger partial charge in [0.25, 0.3) is 0 Å². The SMILES string of the molecule is Cc1cc2c(s1)NC=c1c(F)c(F)cnc1=C2N. The lowest BCUT2D eigenvalue weighted by Gasteiger charge is -1.99. The van der Waals surface area contributed by atoms with Gasteiger partial charge >= 0.3 is 0 Å². The lowest BCUT2D eigenvalue weighted by atomic mass is 10.2. The second-order valence-electron chi connectivity index (χ2n) is 3.98. The summed E-state index contributed by atoms with van der Waals surface area (Å²) in [5.41, 5.74) is 7.12. The molecule has 2 aromatic rings. The van der Waals surface area contributed by atoms with Gasteiger partial charge in [0, 0.05) is 16.6 Å². The standard InChI is InChI=1S/C12H9F2N3S/c1-5-2-6-10(15)11-7(3-17-12(6)18-5)9(14)8(13)4-16-11/h2-4,17H,15H2,1H3. The minimum atomic E-state index is -0.985. The van der Waals surface area contributed by atoms with Crippen LogP contribution in [0.25, 0.3) is 11.9 Å². The Hall–Kier alpha value is -1.95. The van der Waals surface area contributed by atoms with Gasteiger partial charge in [-0.15, -0.1) is 11.3 Å². The van der Waals surface area contributed by atoms with Crippen molar-refractivity contribution in [1.29, 1.82) is 0 Å². The third-order valence-corrected chi connectivity index (χ3v) is 3.74. The highest BCUT2D eigenvalue weighted by Gasteiger charge is 2.15. The van der Waals surface area contributed by atoms with Gasteiger partial charge in [0.1, 0.15) is 5.00 Å². The van der Waals surface area contributed by atoms with E-state index in [2.05, 4.69) is 10.3 Å². The predicted octanol–water partition coefficient (Wildman–Crippen LogP) is 1.01. The first kappa shape index (κ1) is 11.2. The molecule has 0 unspecified atom stereocenters. The van der Waals surface area contributed by atoms with Crippen LogP contribution in [0.4, 0.5) is 13.8 Å². The number of nitrogens with zero attached hydrogens (tertiary/aromatic N) is 1. The molecule has 0 saturated carbocycles. The molecule has 3 rings (SSSR count). The highest BCUT2D eigenvalue weighted by atomic mass is 32.1. The van der Waals surface area contributed by atoms with Gasteiger partial charge in [0.05, 0.1) is 22.5 Å². The summed E-state index contributed by atoms with van der Waals surface area (Å²) >= 11 is 1.50. The first-order valence-corrected chi connectivity index (χ1v) is 6.07. The van der Waals surface area contributed by atoms with E-state index >= 15 is 0 Å². The van der Waals surface area contributed by atoms with Crippen molar-refractivity contribution in [2.75, 3.05) is 5.32 Å². The number of rotatable bonds is 0. The Bertz CT molecular complexity index is 764. The highest BCUT2D eigenvalue weighted by molar-refractivity contribution is 7.16. The zero-order chi connectivity index (χ0) is 12.9. The summed E-state index contributed by atoms with van der Waals surface area (Å²) in [6.07, 6.45) is 2.24. The number of aromatic nitrogens is 1. The molecule has 0 bridgehead atoms. The Morgan fingerprint density at radius 2 is 2.17 bits per heavy atom. The summed E-state index contributed by atoms with van der Waals surface area (Å²) in [5.74, 6) is -1.93. The number of hydrogen-bond acceptors (Lipinski definition) is 4. The van der Waals surface area contributed by atoms with Gasteiger partial charge < -0.3 is 11.1 Å². The largest absolute Gasteiger partial charge is 0.396 e. The molecule has 1 aliphatic rings. The Labute approximate surface area is 105 Å². The molecule has 0 atom stereocenters. The van der Waals surface area contributed by atoms with Crippen molar-refractivity contribution in [2.45, 2.75) is 6.92 Å². The molecule has 3 N–H and O–H groups in total. The maximum atomic E-state index is 13.7. The van der Waals surface area contributed by atoms with Crippen molar-refractivity contribution < 1.29 is 8.78 Å². The summed E-state index contributed by atoms with van der Waals surface area (Å²) in [5, 5.41) is 4.07.